The summed E-state index contributed by atoms with van der Waals surface area (Å²) in [5.74, 6) is 1.53. The summed E-state index contributed by atoms with van der Waals surface area (Å²) < 4.78 is 5.17. The lowest BCUT2D eigenvalue weighted by atomic mass is 10.1. The van der Waals surface area contributed by atoms with Crippen molar-refractivity contribution in [3.63, 3.8) is 0 Å². The van der Waals surface area contributed by atoms with E-state index in [0.717, 1.165) is 36.6 Å². The number of nitrogens with zero attached hydrogens (tertiary/aromatic N) is 2. The fourth-order valence-electron chi connectivity index (χ4n) is 2.75. The predicted octanol–water partition coefficient (Wildman–Crippen LogP) is 3.48. The van der Waals surface area contributed by atoms with Crippen LogP contribution in [0, 0.1) is 0 Å². The van der Waals surface area contributed by atoms with E-state index < -0.39 is 6.09 Å². The molecule has 112 valence electrons. The molecule has 0 unspecified atom stereocenters. The van der Waals surface area contributed by atoms with Crippen LogP contribution in [0.5, 0.6) is 5.75 Å². The fraction of sp³-hybridized carbons (Fsp3) is 0.467. The molecule has 21 heavy (non-hydrogen) atoms. The molecule has 1 aromatic rings. The third-order valence-electron chi connectivity index (χ3n) is 3.88. The number of amidine groups is 1. The van der Waals surface area contributed by atoms with Crippen LogP contribution in [0.25, 0.3) is 0 Å². The average molecular weight is 308 g/mol. The van der Waals surface area contributed by atoms with Crippen molar-refractivity contribution in [1.82, 2.24) is 10.2 Å². The second-order valence-electron chi connectivity index (χ2n) is 5.28. The number of carbonyl (C=O) groups excluding carboxylic acids is 1. The molecule has 0 saturated carbocycles. The quantitative estimate of drug-likeness (QED) is 0.864. The van der Waals surface area contributed by atoms with Gasteiger partial charge in [0, 0.05) is 32.1 Å². The number of aliphatic imine (C=N–C) groups is 1. The minimum atomic E-state index is -0.522. The zero-order valence-electron chi connectivity index (χ0n) is 12.0. The molecule has 0 aliphatic carbocycles. The maximum absolute atomic E-state index is 11.3. The molecule has 6 heteroatoms. The SMILES string of the molecule is CNC(=O)Oc1ccc2c(c1Cl)CN1CCCCCC1=N2. The summed E-state index contributed by atoms with van der Waals surface area (Å²) in [6, 6.07) is 3.57. The van der Waals surface area contributed by atoms with Crippen molar-refractivity contribution in [3.8, 4) is 5.75 Å². The van der Waals surface area contributed by atoms with Crippen molar-refractivity contribution in [2.75, 3.05) is 13.6 Å². The second kappa shape index (κ2) is 5.93. The number of halogens is 1. The number of benzene rings is 1. The molecule has 0 aromatic heterocycles. The van der Waals surface area contributed by atoms with E-state index in [2.05, 4.69) is 10.2 Å². The minimum Gasteiger partial charge on any atom is -0.409 e. The first-order valence-corrected chi connectivity index (χ1v) is 7.60. The number of carbonyl (C=O) groups is 1. The fourth-order valence-corrected chi connectivity index (χ4v) is 3.01. The van der Waals surface area contributed by atoms with Crippen molar-refractivity contribution in [2.45, 2.75) is 32.2 Å². The van der Waals surface area contributed by atoms with E-state index in [4.69, 9.17) is 21.3 Å². The molecule has 5 nitrogen and oxygen atoms in total. The Bertz CT molecular complexity index is 601. The van der Waals surface area contributed by atoms with Gasteiger partial charge in [-0.2, -0.15) is 0 Å². The summed E-state index contributed by atoms with van der Waals surface area (Å²) in [4.78, 5) is 18.4. The monoisotopic (exact) mass is 307 g/mol. The van der Waals surface area contributed by atoms with Crippen LogP contribution in [0.1, 0.15) is 31.2 Å². The van der Waals surface area contributed by atoms with Gasteiger partial charge in [0.05, 0.1) is 10.7 Å². The van der Waals surface area contributed by atoms with Gasteiger partial charge in [-0.3, -0.25) is 0 Å². The lowest BCUT2D eigenvalue weighted by molar-refractivity contribution is 0.203. The average Bonchev–Trinajstić information content (AvgIpc) is 2.73. The van der Waals surface area contributed by atoms with E-state index in [0.29, 0.717) is 10.8 Å². The van der Waals surface area contributed by atoms with Gasteiger partial charge in [-0.05, 0) is 25.0 Å². The third-order valence-corrected chi connectivity index (χ3v) is 4.30. The lowest BCUT2D eigenvalue weighted by Crippen LogP contribution is -2.32. The molecule has 1 aromatic carbocycles. The molecule has 2 heterocycles. The Hall–Kier alpha value is -1.75. The maximum atomic E-state index is 11.3. The van der Waals surface area contributed by atoms with Crippen LogP contribution in [0.15, 0.2) is 17.1 Å². The molecular weight excluding hydrogens is 290 g/mol. The molecule has 0 radical (unpaired) electrons. The van der Waals surface area contributed by atoms with Crippen LogP contribution in [0.4, 0.5) is 10.5 Å². The first-order valence-electron chi connectivity index (χ1n) is 7.22. The van der Waals surface area contributed by atoms with E-state index in [1.807, 2.05) is 6.07 Å². The predicted molar refractivity (Wildman–Crippen MR) is 82.5 cm³/mol. The van der Waals surface area contributed by atoms with E-state index >= 15 is 0 Å². The summed E-state index contributed by atoms with van der Waals surface area (Å²) in [5.41, 5.74) is 1.82. The molecule has 1 saturated heterocycles. The third kappa shape index (κ3) is 2.83. The Morgan fingerprint density at radius 1 is 1.38 bits per heavy atom. The van der Waals surface area contributed by atoms with Gasteiger partial charge in [0.25, 0.3) is 0 Å². The Balaban J connectivity index is 1.94. The number of hydrogen-bond acceptors (Lipinski definition) is 4. The van der Waals surface area contributed by atoms with Gasteiger partial charge in [-0.1, -0.05) is 18.0 Å². The zero-order chi connectivity index (χ0) is 14.8. The summed E-state index contributed by atoms with van der Waals surface area (Å²) in [5, 5.41) is 2.89. The molecule has 3 rings (SSSR count). The Kier molecular flexibility index (Phi) is 4.01. The molecule has 2 aliphatic heterocycles. The molecule has 1 amide bonds. The summed E-state index contributed by atoms with van der Waals surface area (Å²) in [7, 11) is 1.52. The smallest absolute Gasteiger partial charge is 0.409 e. The van der Waals surface area contributed by atoms with Crippen molar-refractivity contribution < 1.29 is 9.53 Å². The van der Waals surface area contributed by atoms with Gasteiger partial charge in [0.2, 0.25) is 0 Å². The number of amides is 1. The number of hydrogen-bond donors (Lipinski definition) is 1. The molecule has 1 N–H and O–H groups in total. The topological polar surface area (TPSA) is 53.9 Å². The number of nitrogens with one attached hydrogen (secondary N) is 1. The number of rotatable bonds is 1. The van der Waals surface area contributed by atoms with Crippen LogP contribution < -0.4 is 10.1 Å². The van der Waals surface area contributed by atoms with Crippen LogP contribution in [-0.4, -0.2) is 30.4 Å². The van der Waals surface area contributed by atoms with Crippen molar-refractivity contribution in [2.24, 2.45) is 4.99 Å². The molecule has 0 atom stereocenters. The number of fused-ring (bicyclic) bond motifs is 2. The lowest BCUT2D eigenvalue weighted by Gasteiger charge is -2.29. The maximum Gasteiger partial charge on any atom is 0.412 e. The van der Waals surface area contributed by atoms with Crippen molar-refractivity contribution >= 4 is 29.2 Å². The van der Waals surface area contributed by atoms with Crippen LogP contribution in [-0.2, 0) is 6.54 Å². The van der Waals surface area contributed by atoms with Gasteiger partial charge >= 0.3 is 6.09 Å². The van der Waals surface area contributed by atoms with Gasteiger partial charge in [-0.25, -0.2) is 9.79 Å². The Morgan fingerprint density at radius 3 is 3.05 bits per heavy atom. The first-order chi connectivity index (χ1) is 10.2. The molecular formula is C15H18ClN3O2. The summed E-state index contributed by atoms with van der Waals surface area (Å²) in [6.45, 7) is 1.74. The van der Waals surface area contributed by atoms with Crippen molar-refractivity contribution in [3.05, 3.63) is 22.7 Å². The summed E-state index contributed by atoms with van der Waals surface area (Å²) in [6.07, 6.45) is 4.11. The van der Waals surface area contributed by atoms with E-state index in [1.54, 1.807) is 6.07 Å². The summed E-state index contributed by atoms with van der Waals surface area (Å²) >= 11 is 6.40. The van der Waals surface area contributed by atoms with E-state index in [-0.39, 0.29) is 0 Å². The first kappa shape index (κ1) is 14.2. The molecule has 0 bridgehead atoms. The number of ether oxygens (including phenoxy) is 1. The normalized spacial score (nSPS) is 17.2. The van der Waals surface area contributed by atoms with E-state index in [9.17, 15) is 4.79 Å². The molecule has 1 fully saturated rings. The highest BCUT2D eigenvalue weighted by Gasteiger charge is 2.24. The standard InChI is InChI=1S/C15H18ClN3O2/c1-17-15(20)21-12-7-6-11-10(14(12)16)9-19-8-4-2-3-5-13(19)18-11/h6-7H,2-5,8-9H2,1H3,(H,17,20). The molecule has 2 aliphatic rings. The van der Waals surface area contributed by atoms with Gasteiger partial charge in [-0.15, -0.1) is 0 Å². The molecule has 0 spiro atoms. The highest BCUT2D eigenvalue weighted by molar-refractivity contribution is 6.33. The second-order valence-corrected chi connectivity index (χ2v) is 5.65. The van der Waals surface area contributed by atoms with E-state index in [1.165, 1.54) is 26.3 Å². The van der Waals surface area contributed by atoms with Crippen molar-refractivity contribution in [1.29, 1.82) is 0 Å². The van der Waals surface area contributed by atoms with Gasteiger partial charge in [0.15, 0.2) is 5.75 Å². The van der Waals surface area contributed by atoms with Crippen LogP contribution in [0.2, 0.25) is 5.02 Å². The largest absolute Gasteiger partial charge is 0.412 e. The Labute approximate surface area is 128 Å². The zero-order valence-corrected chi connectivity index (χ0v) is 12.7. The minimum absolute atomic E-state index is 0.378. The van der Waals surface area contributed by atoms with Gasteiger partial charge in [0.1, 0.15) is 5.84 Å². The van der Waals surface area contributed by atoms with Gasteiger partial charge < -0.3 is 15.0 Å². The highest BCUT2D eigenvalue weighted by Crippen LogP contribution is 2.39. The highest BCUT2D eigenvalue weighted by atomic mass is 35.5. The van der Waals surface area contributed by atoms with Crippen LogP contribution in [0.3, 0.4) is 0 Å². The van der Waals surface area contributed by atoms with Crippen LogP contribution >= 0.6 is 11.6 Å². The Morgan fingerprint density at radius 2 is 2.24 bits per heavy atom.